The molecule has 2 rings (SSSR count). The third kappa shape index (κ3) is 2.87. The van der Waals surface area contributed by atoms with Crippen molar-refractivity contribution in [1.82, 2.24) is 0 Å². The van der Waals surface area contributed by atoms with Crippen molar-refractivity contribution >= 4 is 13.3 Å². The van der Waals surface area contributed by atoms with Crippen molar-refractivity contribution in [1.29, 1.82) is 0 Å². The molecule has 1 atom stereocenters. The Morgan fingerprint density at radius 3 is 1.67 bits per heavy atom. The van der Waals surface area contributed by atoms with Crippen molar-refractivity contribution in [2.45, 2.75) is 75.4 Å². The van der Waals surface area contributed by atoms with Crippen LogP contribution in [0.15, 0.2) is 38.8 Å². The first-order chi connectivity index (χ1) is 10.7. The SMILES string of the molecule is CC1=C(C)C(C)([Si](C)(C)c2cc(C)cc(C)c2)[C]([Ti]([CH3])([CH3])[CH3])=C1C. The molecule has 0 radical (unpaired) electrons. The van der Waals surface area contributed by atoms with Gasteiger partial charge in [0, 0.05) is 0 Å². The summed E-state index contributed by atoms with van der Waals surface area (Å²) < 4.78 is 1.85. The molecule has 0 aromatic heterocycles. The zero-order valence-electron chi connectivity index (χ0n) is 17.7. The molecule has 1 aromatic rings. The van der Waals surface area contributed by atoms with E-state index in [4.69, 9.17) is 0 Å². The van der Waals surface area contributed by atoms with E-state index in [0.29, 0.717) is 0 Å². The Morgan fingerprint density at radius 1 is 0.792 bits per heavy atom. The van der Waals surface area contributed by atoms with E-state index in [0.717, 1.165) is 0 Å². The van der Waals surface area contributed by atoms with Gasteiger partial charge in [0.15, 0.2) is 0 Å². The van der Waals surface area contributed by atoms with Crippen LogP contribution >= 0.6 is 0 Å². The van der Waals surface area contributed by atoms with Crippen LogP contribution in [-0.4, -0.2) is 8.07 Å². The third-order valence-corrected chi connectivity index (χ3v) is 15.6. The predicted molar refractivity (Wildman–Crippen MR) is 110 cm³/mol. The first-order valence-corrected chi connectivity index (χ1v) is 17.7. The van der Waals surface area contributed by atoms with Gasteiger partial charge in [0.05, 0.1) is 0 Å². The molecule has 0 saturated carbocycles. The van der Waals surface area contributed by atoms with Crippen molar-refractivity contribution in [2.75, 3.05) is 0 Å². The second kappa shape index (κ2) is 6.11. The Hall–Kier alpha value is -0.369. The van der Waals surface area contributed by atoms with Gasteiger partial charge in [-0.1, -0.05) is 0 Å². The minimum atomic E-state index is -1.96. The van der Waals surface area contributed by atoms with Gasteiger partial charge in [0.25, 0.3) is 0 Å². The number of benzene rings is 1. The van der Waals surface area contributed by atoms with E-state index in [1.807, 2.05) is 3.88 Å². The Bertz CT molecular complexity index is 723. The summed E-state index contributed by atoms with van der Waals surface area (Å²) in [5.41, 5.74) is 7.65. The van der Waals surface area contributed by atoms with Gasteiger partial charge in [-0.2, -0.15) is 0 Å². The second-order valence-corrected chi connectivity index (χ2v) is 22.3. The fraction of sp³-hybridized carbons (Fsp3) is 0.545. The van der Waals surface area contributed by atoms with Crippen molar-refractivity contribution in [3.05, 3.63) is 49.9 Å². The number of hydrogen-bond acceptors (Lipinski definition) is 0. The summed E-state index contributed by atoms with van der Waals surface area (Å²) in [6, 6.07) is 7.24. The second-order valence-electron chi connectivity index (χ2n) is 9.63. The van der Waals surface area contributed by atoms with E-state index in [9.17, 15) is 0 Å². The Morgan fingerprint density at radius 2 is 1.25 bits per heavy atom. The van der Waals surface area contributed by atoms with Crippen molar-refractivity contribution < 1.29 is 16.6 Å². The normalized spacial score (nSPS) is 22.6. The summed E-state index contributed by atoms with van der Waals surface area (Å²) in [5.74, 6) is 0. The van der Waals surface area contributed by atoms with Crippen molar-refractivity contribution in [2.24, 2.45) is 0 Å². The molecule has 24 heavy (non-hydrogen) atoms. The van der Waals surface area contributed by atoms with E-state index in [-0.39, 0.29) is 5.04 Å². The number of rotatable bonds is 3. The van der Waals surface area contributed by atoms with E-state index in [2.05, 4.69) is 88.5 Å². The van der Waals surface area contributed by atoms with E-state index < -0.39 is 24.7 Å². The standard InChI is InChI=1S/C19H27Si.3CH3.Ti/c1-13-9-14(2)11-18(10-13)20(7,8)19(6)12-15(3)16(4)17(19)5;;;;/h9-11H,1-8H3;3*1H3;. The summed E-state index contributed by atoms with van der Waals surface area (Å²) >= 11 is -1.96. The molecule has 0 saturated heterocycles. The third-order valence-electron chi connectivity index (χ3n) is 6.69. The predicted octanol–water partition coefficient (Wildman–Crippen LogP) is 6.90. The molecule has 1 unspecified atom stereocenters. The Balaban J connectivity index is 2.79. The summed E-state index contributed by atoms with van der Waals surface area (Å²) in [4.78, 5) is 0. The van der Waals surface area contributed by atoms with Gasteiger partial charge in [-0.25, -0.2) is 0 Å². The molecular weight excluding hydrogens is 340 g/mol. The maximum atomic E-state index is 2.60. The molecule has 0 aliphatic heterocycles. The number of hydrogen-bond donors (Lipinski definition) is 0. The first-order valence-electron chi connectivity index (χ1n) is 9.23. The van der Waals surface area contributed by atoms with Crippen LogP contribution in [0.5, 0.6) is 0 Å². The summed E-state index contributed by atoms with van der Waals surface area (Å²) in [5, 5.41) is 9.62. The van der Waals surface area contributed by atoms with Crippen LogP contribution < -0.4 is 5.19 Å². The van der Waals surface area contributed by atoms with Crippen LogP contribution in [0, 0.1) is 13.8 Å². The zero-order valence-corrected chi connectivity index (χ0v) is 20.3. The summed E-state index contributed by atoms with van der Waals surface area (Å²) in [6.45, 7) is 19.4. The molecule has 132 valence electrons. The summed E-state index contributed by atoms with van der Waals surface area (Å²) in [7, 11) is -1.72. The molecule has 1 aliphatic rings. The molecule has 0 N–H and O–H groups in total. The fourth-order valence-electron chi connectivity index (χ4n) is 5.12. The monoisotopic (exact) mass is 376 g/mol. The maximum absolute atomic E-state index is 2.60. The van der Waals surface area contributed by atoms with Gasteiger partial charge >= 0.3 is 155 Å². The van der Waals surface area contributed by atoms with Gasteiger partial charge in [-0.3, -0.25) is 0 Å². The molecule has 1 aromatic carbocycles. The molecule has 2 heteroatoms. The topological polar surface area (TPSA) is 0 Å². The molecule has 0 heterocycles. The van der Waals surface area contributed by atoms with Crippen LogP contribution in [0.4, 0.5) is 0 Å². The van der Waals surface area contributed by atoms with Gasteiger partial charge < -0.3 is 0 Å². The van der Waals surface area contributed by atoms with Crippen LogP contribution in [0.25, 0.3) is 0 Å². The van der Waals surface area contributed by atoms with E-state index >= 15 is 0 Å². The number of aryl methyl sites for hydroxylation is 2. The van der Waals surface area contributed by atoms with Gasteiger partial charge in [-0.15, -0.1) is 0 Å². The molecular formula is C22H36SiTi. The molecule has 0 spiro atoms. The molecule has 0 nitrogen and oxygen atoms in total. The van der Waals surface area contributed by atoms with E-state index in [1.165, 1.54) is 11.1 Å². The van der Waals surface area contributed by atoms with E-state index in [1.54, 1.807) is 21.9 Å². The minimum absolute atomic E-state index is 0.264. The molecule has 0 bridgehead atoms. The first kappa shape index (κ1) is 19.9. The van der Waals surface area contributed by atoms with Gasteiger partial charge in [-0.05, 0) is 0 Å². The molecule has 0 amide bonds. The van der Waals surface area contributed by atoms with Crippen LogP contribution in [0.2, 0.25) is 33.8 Å². The van der Waals surface area contributed by atoms with Crippen LogP contribution in [0.1, 0.15) is 38.8 Å². The quantitative estimate of drug-likeness (QED) is 0.503. The molecule has 1 aliphatic carbocycles. The van der Waals surface area contributed by atoms with Crippen LogP contribution in [-0.2, 0) is 16.6 Å². The van der Waals surface area contributed by atoms with Crippen molar-refractivity contribution in [3.8, 4) is 0 Å². The van der Waals surface area contributed by atoms with Gasteiger partial charge in [0.2, 0.25) is 0 Å². The number of allylic oxidation sites excluding steroid dienone is 4. The average Bonchev–Trinajstić information content (AvgIpc) is 2.59. The average molecular weight is 376 g/mol. The van der Waals surface area contributed by atoms with Crippen LogP contribution in [0.3, 0.4) is 0 Å². The van der Waals surface area contributed by atoms with Crippen molar-refractivity contribution in [3.63, 3.8) is 0 Å². The summed E-state index contributed by atoms with van der Waals surface area (Å²) in [6.07, 6.45) is 0. The zero-order chi connectivity index (χ0) is 18.7. The Labute approximate surface area is 154 Å². The fourth-order valence-corrected chi connectivity index (χ4v) is 16.5. The Kier molecular flexibility index (Phi) is 5.08. The molecule has 0 fully saturated rings. The van der Waals surface area contributed by atoms with Gasteiger partial charge in [0.1, 0.15) is 0 Å².